The van der Waals surface area contributed by atoms with Crippen molar-refractivity contribution >= 4 is 0 Å². The van der Waals surface area contributed by atoms with Crippen molar-refractivity contribution in [3.63, 3.8) is 0 Å². The van der Waals surface area contributed by atoms with E-state index >= 15 is 0 Å². The third-order valence-electron chi connectivity index (χ3n) is 2.06. The normalized spacial score (nSPS) is 11.9. The lowest BCUT2D eigenvalue weighted by Gasteiger charge is -2.10. The van der Waals surface area contributed by atoms with Gasteiger partial charge in [-0.05, 0) is 24.6 Å². The predicted octanol–water partition coefficient (Wildman–Crippen LogP) is 2.77. The highest BCUT2D eigenvalue weighted by Crippen LogP contribution is 2.17. The Kier molecular flexibility index (Phi) is 5.40. The molecule has 0 aliphatic heterocycles. The summed E-state index contributed by atoms with van der Waals surface area (Å²) in [5.74, 6) is 0.666. The second-order valence-corrected chi connectivity index (χ2v) is 4.41. The molecule has 0 aromatic carbocycles. The van der Waals surface area contributed by atoms with Crippen molar-refractivity contribution in [1.82, 2.24) is 10.3 Å². The number of aromatic nitrogens is 1. The van der Waals surface area contributed by atoms with Crippen LogP contribution in [0.5, 0.6) is 5.75 Å². The molecule has 0 unspecified atom stereocenters. The van der Waals surface area contributed by atoms with E-state index in [1.807, 2.05) is 0 Å². The third-order valence-corrected chi connectivity index (χ3v) is 2.06. The predicted molar refractivity (Wildman–Crippen MR) is 62.3 cm³/mol. The maximum Gasteiger partial charge on any atom is 0.422 e. The zero-order chi connectivity index (χ0) is 13.6. The maximum absolute atomic E-state index is 11.9. The maximum atomic E-state index is 11.9. The standard InChI is InChI=1S/C12H17F3N2O/c1-9(2)5-16-6-10-3-4-11(7-17-10)18-8-12(13,14)15/h3-4,7,9,16H,5-6,8H2,1-2H3. The number of halogens is 3. The Morgan fingerprint density at radius 1 is 1.33 bits per heavy atom. The van der Waals surface area contributed by atoms with Crippen molar-refractivity contribution in [3.8, 4) is 5.75 Å². The Hall–Kier alpha value is -1.30. The average molecular weight is 262 g/mol. The topological polar surface area (TPSA) is 34.1 Å². The molecule has 0 saturated heterocycles. The number of nitrogens with zero attached hydrogens (tertiary/aromatic N) is 1. The van der Waals surface area contributed by atoms with Crippen molar-refractivity contribution in [3.05, 3.63) is 24.0 Å². The zero-order valence-electron chi connectivity index (χ0n) is 10.4. The summed E-state index contributed by atoms with van der Waals surface area (Å²) in [4.78, 5) is 4.02. The molecule has 1 N–H and O–H groups in total. The van der Waals surface area contributed by atoms with Crippen LogP contribution in [-0.4, -0.2) is 24.3 Å². The molecule has 1 rings (SSSR count). The van der Waals surface area contributed by atoms with E-state index in [0.29, 0.717) is 12.5 Å². The quantitative estimate of drug-likeness (QED) is 0.856. The van der Waals surface area contributed by atoms with Gasteiger partial charge in [0, 0.05) is 6.54 Å². The molecule has 18 heavy (non-hydrogen) atoms. The van der Waals surface area contributed by atoms with Gasteiger partial charge >= 0.3 is 6.18 Å². The summed E-state index contributed by atoms with van der Waals surface area (Å²) in [6, 6.07) is 3.14. The minimum Gasteiger partial charge on any atom is -0.483 e. The summed E-state index contributed by atoms with van der Waals surface area (Å²) in [6.45, 7) is 4.36. The molecule has 0 aliphatic carbocycles. The summed E-state index contributed by atoms with van der Waals surface area (Å²) in [7, 11) is 0. The van der Waals surface area contributed by atoms with Gasteiger partial charge in [0.1, 0.15) is 5.75 Å². The molecule has 0 aliphatic rings. The van der Waals surface area contributed by atoms with Crippen LogP contribution in [-0.2, 0) is 6.54 Å². The Bertz CT molecular complexity index is 349. The van der Waals surface area contributed by atoms with E-state index in [4.69, 9.17) is 0 Å². The molecule has 102 valence electrons. The molecule has 0 spiro atoms. The number of ether oxygens (including phenoxy) is 1. The molecule has 0 amide bonds. The van der Waals surface area contributed by atoms with Crippen LogP contribution in [0.3, 0.4) is 0 Å². The van der Waals surface area contributed by atoms with Gasteiger partial charge in [0.2, 0.25) is 0 Å². The van der Waals surface area contributed by atoms with Crippen LogP contribution in [0.1, 0.15) is 19.5 Å². The smallest absolute Gasteiger partial charge is 0.422 e. The first kappa shape index (κ1) is 14.8. The molecular weight excluding hydrogens is 245 g/mol. The SMILES string of the molecule is CC(C)CNCc1ccc(OCC(F)(F)F)cn1. The molecule has 1 aromatic heterocycles. The van der Waals surface area contributed by atoms with E-state index in [1.165, 1.54) is 12.3 Å². The summed E-state index contributed by atoms with van der Waals surface area (Å²) >= 11 is 0. The minimum absolute atomic E-state index is 0.125. The van der Waals surface area contributed by atoms with E-state index in [1.54, 1.807) is 6.07 Å². The van der Waals surface area contributed by atoms with Crippen molar-refractivity contribution in [2.45, 2.75) is 26.6 Å². The van der Waals surface area contributed by atoms with Crippen molar-refractivity contribution in [2.24, 2.45) is 5.92 Å². The van der Waals surface area contributed by atoms with E-state index in [-0.39, 0.29) is 5.75 Å². The largest absolute Gasteiger partial charge is 0.483 e. The number of rotatable bonds is 6. The molecule has 0 radical (unpaired) electrons. The first-order valence-electron chi connectivity index (χ1n) is 5.72. The Morgan fingerprint density at radius 2 is 2.06 bits per heavy atom. The third kappa shape index (κ3) is 6.44. The van der Waals surface area contributed by atoms with Crippen LogP contribution >= 0.6 is 0 Å². The highest BCUT2D eigenvalue weighted by atomic mass is 19.4. The fourth-order valence-electron chi connectivity index (χ4n) is 1.25. The molecule has 1 aromatic rings. The average Bonchev–Trinajstić information content (AvgIpc) is 2.26. The van der Waals surface area contributed by atoms with Gasteiger partial charge in [-0.15, -0.1) is 0 Å². The molecule has 1 heterocycles. The second kappa shape index (κ2) is 6.58. The van der Waals surface area contributed by atoms with Gasteiger partial charge in [-0.3, -0.25) is 4.98 Å². The fourth-order valence-corrected chi connectivity index (χ4v) is 1.25. The lowest BCUT2D eigenvalue weighted by molar-refractivity contribution is -0.153. The summed E-state index contributed by atoms with van der Waals surface area (Å²) in [5.41, 5.74) is 0.773. The van der Waals surface area contributed by atoms with Crippen LogP contribution in [0, 0.1) is 5.92 Å². The molecule has 0 saturated carbocycles. The fraction of sp³-hybridized carbons (Fsp3) is 0.583. The van der Waals surface area contributed by atoms with Crippen molar-refractivity contribution in [1.29, 1.82) is 0 Å². The van der Waals surface area contributed by atoms with Gasteiger partial charge in [0.15, 0.2) is 6.61 Å². The van der Waals surface area contributed by atoms with Crippen LogP contribution in [0.2, 0.25) is 0 Å². The second-order valence-electron chi connectivity index (χ2n) is 4.41. The van der Waals surface area contributed by atoms with Crippen LogP contribution in [0.25, 0.3) is 0 Å². The zero-order valence-corrected chi connectivity index (χ0v) is 10.4. The van der Waals surface area contributed by atoms with Gasteiger partial charge in [0.05, 0.1) is 11.9 Å². The Morgan fingerprint density at radius 3 is 2.56 bits per heavy atom. The number of hydrogen-bond acceptors (Lipinski definition) is 3. The monoisotopic (exact) mass is 262 g/mol. The molecule has 6 heteroatoms. The number of hydrogen-bond donors (Lipinski definition) is 1. The van der Waals surface area contributed by atoms with Gasteiger partial charge in [-0.2, -0.15) is 13.2 Å². The first-order chi connectivity index (χ1) is 8.37. The summed E-state index contributed by atoms with van der Waals surface area (Å²) in [5, 5.41) is 3.19. The molecular formula is C12H17F3N2O. The van der Waals surface area contributed by atoms with Crippen LogP contribution in [0.15, 0.2) is 18.3 Å². The highest BCUT2D eigenvalue weighted by molar-refractivity contribution is 5.19. The minimum atomic E-state index is -4.32. The Balaban J connectivity index is 2.38. The molecule has 0 fully saturated rings. The Labute approximate surface area is 104 Å². The van der Waals surface area contributed by atoms with E-state index in [2.05, 4.69) is 28.9 Å². The van der Waals surface area contributed by atoms with E-state index in [0.717, 1.165) is 12.2 Å². The van der Waals surface area contributed by atoms with Gasteiger partial charge in [-0.1, -0.05) is 13.8 Å². The van der Waals surface area contributed by atoms with Crippen LogP contribution < -0.4 is 10.1 Å². The van der Waals surface area contributed by atoms with E-state index in [9.17, 15) is 13.2 Å². The summed E-state index contributed by atoms with van der Waals surface area (Å²) in [6.07, 6.45) is -3.02. The van der Waals surface area contributed by atoms with Crippen molar-refractivity contribution in [2.75, 3.05) is 13.2 Å². The van der Waals surface area contributed by atoms with Gasteiger partial charge in [0.25, 0.3) is 0 Å². The summed E-state index contributed by atoms with van der Waals surface area (Å²) < 4.78 is 40.3. The number of alkyl halides is 3. The van der Waals surface area contributed by atoms with Gasteiger partial charge in [-0.25, -0.2) is 0 Å². The number of pyridine rings is 1. The lowest BCUT2D eigenvalue weighted by atomic mass is 10.2. The molecule has 0 atom stereocenters. The highest BCUT2D eigenvalue weighted by Gasteiger charge is 2.28. The lowest BCUT2D eigenvalue weighted by Crippen LogP contribution is -2.20. The number of nitrogens with one attached hydrogen (secondary N) is 1. The molecule has 0 bridgehead atoms. The van der Waals surface area contributed by atoms with Gasteiger partial charge < -0.3 is 10.1 Å². The molecule has 3 nitrogen and oxygen atoms in total. The van der Waals surface area contributed by atoms with Crippen LogP contribution in [0.4, 0.5) is 13.2 Å². The van der Waals surface area contributed by atoms with E-state index < -0.39 is 12.8 Å². The van der Waals surface area contributed by atoms with Crippen molar-refractivity contribution < 1.29 is 17.9 Å². The first-order valence-corrected chi connectivity index (χ1v) is 5.72.